The Balaban J connectivity index is 3.90. The zero-order chi connectivity index (χ0) is 13.7. The average molecular weight is 256 g/mol. The Kier molecular flexibility index (Phi) is 12.0. The molecule has 0 radical (unpaired) electrons. The summed E-state index contributed by atoms with van der Waals surface area (Å²) in [4.78, 5) is 0. The molecule has 0 fully saturated rings. The van der Waals surface area contributed by atoms with Gasteiger partial charge < -0.3 is 4.48 Å². The molecule has 0 aliphatic carbocycles. The van der Waals surface area contributed by atoms with E-state index in [1.54, 1.807) is 0 Å². The lowest BCUT2D eigenvalue weighted by Gasteiger charge is -2.35. The van der Waals surface area contributed by atoms with Crippen molar-refractivity contribution in [3.8, 4) is 0 Å². The molecule has 0 aliphatic heterocycles. The van der Waals surface area contributed by atoms with Crippen LogP contribution in [-0.4, -0.2) is 31.2 Å². The first kappa shape index (κ1) is 18.0. The largest absolute Gasteiger partial charge is 0.326 e. The van der Waals surface area contributed by atoms with Gasteiger partial charge in [0.1, 0.15) is 0 Å². The summed E-state index contributed by atoms with van der Waals surface area (Å²) in [5, 5.41) is 0. The molecular weight excluding hydrogens is 218 g/mol. The summed E-state index contributed by atoms with van der Waals surface area (Å²) >= 11 is 0. The SMILES string of the molecule is CCCCCC[N+](C)(CCCC)CCCCCC. The third-order valence-corrected chi connectivity index (χ3v) is 4.15. The summed E-state index contributed by atoms with van der Waals surface area (Å²) in [7, 11) is 2.49. The molecule has 0 amide bonds. The normalized spacial score (nSPS) is 12.0. The average Bonchev–Trinajstić information content (AvgIpc) is 2.38. The van der Waals surface area contributed by atoms with Crippen LogP contribution in [0.3, 0.4) is 0 Å². The highest BCUT2D eigenvalue weighted by Crippen LogP contribution is 2.13. The van der Waals surface area contributed by atoms with Crippen molar-refractivity contribution < 1.29 is 4.48 Å². The summed E-state index contributed by atoms with van der Waals surface area (Å²) < 4.78 is 1.33. The molecule has 1 nitrogen and oxygen atoms in total. The highest BCUT2D eigenvalue weighted by atomic mass is 15.3. The fourth-order valence-electron chi connectivity index (χ4n) is 2.72. The van der Waals surface area contributed by atoms with Crippen LogP contribution < -0.4 is 0 Å². The molecular formula is C17H38N+. The first-order valence-electron chi connectivity index (χ1n) is 8.52. The molecule has 0 N–H and O–H groups in total. The van der Waals surface area contributed by atoms with Gasteiger partial charge in [-0.05, 0) is 32.1 Å². The summed E-state index contributed by atoms with van der Waals surface area (Å²) in [6.45, 7) is 11.1. The van der Waals surface area contributed by atoms with Gasteiger partial charge in [-0.25, -0.2) is 0 Å². The molecule has 0 saturated heterocycles. The molecule has 0 saturated carbocycles. The quantitative estimate of drug-likeness (QED) is 0.306. The van der Waals surface area contributed by atoms with Gasteiger partial charge in [0.2, 0.25) is 0 Å². The summed E-state index contributed by atoms with van der Waals surface area (Å²) in [6, 6.07) is 0. The van der Waals surface area contributed by atoms with E-state index in [9.17, 15) is 0 Å². The van der Waals surface area contributed by atoms with E-state index in [1.807, 2.05) is 0 Å². The van der Waals surface area contributed by atoms with Crippen LogP contribution in [0.15, 0.2) is 0 Å². The van der Waals surface area contributed by atoms with Crippen molar-refractivity contribution in [1.82, 2.24) is 0 Å². The third-order valence-electron chi connectivity index (χ3n) is 4.15. The van der Waals surface area contributed by atoms with Crippen LogP contribution in [0.2, 0.25) is 0 Å². The number of hydrogen-bond acceptors (Lipinski definition) is 0. The second kappa shape index (κ2) is 12.0. The van der Waals surface area contributed by atoms with Crippen molar-refractivity contribution in [1.29, 1.82) is 0 Å². The Hall–Kier alpha value is -0.0400. The van der Waals surface area contributed by atoms with Crippen LogP contribution in [0, 0.1) is 0 Å². The van der Waals surface area contributed by atoms with Gasteiger partial charge in [0.05, 0.1) is 26.7 Å². The summed E-state index contributed by atoms with van der Waals surface area (Å²) in [6.07, 6.45) is 14.0. The maximum absolute atomic E-state index is 2.49. The number of hydrogen-bond donors (Lipinski definition) is 0. The summed E-state index contributed by atoms with van der Waals surface area (Å²) in [5.41, 5.74) is 0. The predicted octanol–water partition coefficient (Wildman–Crippen LogP) is 5.39. The topological polar surface area (TPSA) is 0 Å². The van der Waals surface area contributed by atoms with Crippen LogP contribution >= 0.6 is 0 Å². The Morgan fingerprint density at radius 2 is 0.889 bits per heavy atom. The van der Waals surface area contributed by atoms with E-state index in [-0.39, 0.29) is 0 Å². The lowest BCUT2D eigenvalue weighted by Crippen LogP contribution is -2.46. The standard InChI is InChI=1S/C17H38N/c1-5-8-11-13-16-18(4,15-10-7-3)17-14-12-9-6-2/h5-17H2,1-4H3/q+1. The third kappa shape index (κ3) is 9.94. The maximum atomic E-state index is 2.49. The maximum Gasteiger partial charge on any atom is 0.0784 e. The first-order valence-corrected chi connectivity index (χ1v) is 8.52. The highest BCUT2D eigenvalue weighted by molar-refractivity contribution is 4.47. The van der Waals surface area contributed by atoms with E-state index in [4.69, 9.17) is 0 Å². The Labute approximate surface area is 117 Å². The Bertz CT molecular complexity index is 153. The van der Waals surface area contributed by atoms with E-state index in [0.717, 1.165) is 0 Å². The molecule has 18 heavy (non-hydrogen) atoms. The number of unbranched alkanes of at least 4 members (excludes halogenated alkanes) is 7. The van der Waals surface area contributed by atoms with Gasteiger partial charge in [-0.3, -0.25) is 0 Å². The van der Waals surface area contributed by atoms with Crippen LogP contribution in [0.4, 0.5) is 0 Å². The van der Waals surface area contributed by atoms with Gasteiger partial charge >= 0.3 is 0 Å². The van der Waals surface area contributed by atoms with Crippen LogP contribution in [0.25, 0.3) is 0 Å². The fraction of sp³-hybridized carbons (Fsp3) is 1.00. The number of rotatable bonds is 13. The smallest absolute Gasteiger partial charge is 0.0784 e. The first-order chi connectivity index (χ1) is 8.68. The van der Waals surface area contributed by atoms with E-state index < -0.39 is 0 Å². The van der Waals surface area contributed by atoms with Crippen molar-refractivity contribution in [2.45, 2.75) is 85.0 Å². The van der Waals surface area contributed by atoms with Crippen molar-refractivity contribution in [3.05, 3.63) is 0 Å². The fourth-order valence-corrected chi connectivity index (χ4v) is 2.72. The van der Waals surface area contributed by atoms with Gasteiger partial charge in [-0.15, -0.1) is 0 Å². The van der Waals surface area contributed by atoms with E-state index >= 15 is 0 Å². The zero-order valence-electron chi connectivity index (χ0n) is 13.6. The molecule has 0 aromatic rings. The Morgan fingerprint density at radius 3 is 1.28 bits per heavy atom. The van der Waals surface area contributed by atoms with E-state index in [2.05, 4.69) is 27.8 Å². The molecule has 0 rings (SSSR count). The second-order valence-electron chi connectivity index (χ2n) is 6.27. The molecule has 0 unspecified atom stereocenters. The minimum absolute atomic E-state index is 1.33. The number of nitrogens with zero attached hydrogens (tertiary/aromatic N) is 1. The molecule has 0 heterocycles. The summed E-state index contributed by atoms with van der Waals surface area (Å²) in [5.74, 6) is 0. The molecule has 0 spiro atoms. The molecule has 0 aromatic carbocycles. The molecule has 0 bridgehead atoms. The lowest BCUT2D eigenvalue weighted by molar-refractivity contribution is -0.910. The molecule has 110 valence electrons. The molecule has 0 aromatic heterocycles. The van der Waals surface area contributed by atoms with Crippen LogP contribution in [-0.2, 0) is 0 Å². The molecule has 0 aliphatic rings. The number of quaternary nitrogens is 1. The predicted molar refractivity (Wildman–Crippen MR) is 84.0 cm³/mol. The van der Waals surface area contributed by atoms with E-state index in [1.165, 1.54) is 88.3 Å². The molecule has 0 atom stereocenters. The van der Waals surface area contributed by atoms with E-state index in [0.29, 0.717) is 0 Å². The minimum Gasteiger partial charge on any atom is -0.326 e. The zero-order valence-corrected chi connectivity index (χ0v) is 13.6. The van der Waals surface area contributed by atoms with Crippen LogP contribution in [0.5, 0.6) is 0 Å². The van der Waals surface area contributed by atoms with Crippen molar-refractivity contribution in [2.24, 2.45) is 0 Å². The van der Waals surface area contributed by atoms with Crippen molar-refractivity contribution in [3.63, 3.8) is 0 Å². The van der Waals surface area contributed by atoms with Crippen LogP contribution in [0.1, 0.15) is 85.0 Å². The highest BCUT2D eigenvalue weighted by Gasteiger charge is 2.19. The van der Waals surface area contributed by atoms with Gasteiger partial charge in [0.15, 0.2) is 0 Å². The van der Waals surface area contributed by atoms with Crippen molar-refractivity contribution >= 4 is 0 Å². The second-order valence-corrected chi connectivity index (χ2v) is 6.27. The monoisotopic (exact) mass is 256 g/mol. The van der Waals surface area contributed by atoms with Gasteiger partial charge in [-0.1, -0.05) is 52.9 Å². The minimum atomic E-state index is 1.33. The van der Waals surface area contributed by atoms with Gasteiger partial charge in [-0.2, -0.15) is 0 Å². The Morgan fingerprint density at radius 1 is 0.500 bits per heavy atom. The van der Waals surface area contributed by atoms with Gasteiger partial charge in [0, 0.05) is 0 Å². The molecule has 1 heteroatoms. The van der Waals surface area contributed by atoms with Gasteiger partial charge in [0.25, 0.3) is 0 Å². The lowest BCUT2D eigenvalue weighted by atomic mass is 10.1. The van der Waals surface area contributed by atoms with Crippen molar-refractivity contribution in [2.75, 3.05) is 26.7 Å².